The third kappa shape index (κ3) is 5.61. The number of rotatable bonds is 8. The second kappa shape index (κ2) is 8.45. The minimum absolute atomic E-state index is 0.525. The highest BCUT2D eigenvalue weighted by atomic mass is 29.2. The van der Waals surface area contributed by atoms with Crippen LogP contribution >= 0.6 is 0 Å². The zero-order chi connectivity index (χ0) is 12.7. The molecule has 0 amide bonds. The molecule has 0 fully saturated rings. The van der Waals surface area contributed by atoms with E-state index in [4.69, 9.17) is 0 Å². The van der Waals surface area contributed by atoms with Crippen LogP contribution in [0.4, 0.5) is 0 Å². The van der Waals surface area contributed by atoms with Gasteiger partial charge >= 0.3 is 0 Å². The molecular formula is C12H32N2Si2. The fourth-order valence-corrected chi connectivity index (χ4v) is 7.73. The van der Waals surface area contributed by atoms with Crippen LogP contribution < -0.4 is 0 Å². The lowest BCUT2D eigenvalue weighted by molar-refractivity contribution is 0.184. The van der Waals surface area contributed by atoms with Crippen molar-refractivity contribution in [1.29, 1.82) is 0 Å². The molecule has 1 atom stereocenters. The van der Waals surface area contributed by atoms with Gasteiger partial charge in [-0.1, -0.05) is 13.8 Å². The molecular weight excluding hydrogens is 228 g/mol. The molecule has 0 heterocycles. The van der Waals surface area contributed by atoms with E-state index in [9.17, 15) is 0 Å². The monoisotopic (exact) mass is 260 g/mol. The first-order chi connectivity index (χ1) is 7.43. The van der Waals surface area contributed by atoms with Crippen LogP contribution in [0.5, 0.6) is 0 Å². The van der Waals surface area contributed by atoms with Crippen LogP contribution in [0.3, 0.4) is 0 Å². The predicted octanol–water partition coefficient (Wildman–Crippen LogP) is 1.03. The van der Waals surface area contributed by atoms with Crippen molar-refractivity contribution in [3.8, 4) is 0 Å². The van der Waals surface area contributed by atoms with Gasteiger partial charge < -0.3 is 4.57 Å². The van der Waals surface area contributed by atoms with E-state index >= 15 is 0 Å². The predicted molar refractivity (Wildman–Crippen MR) is 81.8 cm³/mol. The van der Waals surface area contributed by atoms with E-state index in [1.54, 1.807) is 0 Å². The van der Waals surface area contributed by atoms with Crippen molar-refractivity contribution in [2.24, 2.45) is 0 Å². The Labute approximate surface area is 107 Å². The molecule has 0 radical (unpaired) electrons. The maximum atomic E-state index is 2.74. The Kier molecular flexibility index (Phi) is 8.63. The third-order valence-corrected chi connectivity index (χ3v) is 10.6. The van der Waals surface area contributed by atoms with Crippen LogP contribution in [0, 0.1) is 0 Å². The lowest BCUT2D eigenvalue weighted by Crippen LogP contribution is -2.44. The molecule has 0 aromatic heterocycles. The lowest BCUT2D eigenvalue weighted by atomic mass is 10.2. The summed E-state index contributed by atoms with van der Waals surface area (Å²) < 4.78 is 2.74. The molecule has 0 spiro atoms. The van der Waals surface area contributed by atoms with Crippen molar-refractivity contribution in [1.82, 2.24) is 9.47 Å². The zero-order valence-electron chi connectivity index (χ0n) is 12.5. The fraction of sp³-hybridized carbons (Fsp3) is 1.00. The van der Waals surface area contributed by atoms with Gasteiger partial charge in [0, 0.05) is 21.8 Å². The van der Waals surface area contributed by atoms with Gasteiger partial charge in [-0.2, -0.15) is 0 Å². The summed E-state index contributed by atoms with van der Waals surface area (Å²) >= 11 is 0. The molecule has 0 aliphatic rings. The Morgan fingerprint density at radius 1 is 1.00 bits per heavy atom. The maximum absolute atomic E-state index is 2.74. The van der Waals surface area contributed by atoms with Gasteiger partial charge in [0.25, 0.3) is 0 Å². The molecule has 0 rings (SSSR count). The van der Waals surface area contributed by atoms with Gasteiger partial charge in [0.1, 0.15) is 0 Å². The number of hydrogen-bond acceptors (Lipinski definition) is 2. The van der Waals surface area contributed by atoms with Crippen molar-refractivity contribution in [3.63, 3.8) is 0 Å². The molecule has 0 bridgehead atoms. The minimum atomic E-state index is -0.525. The second-order valence-electron chi connectivity index (χ2n) is 5.28. The first-order valence-electron chi connectivity index (χ1n) is 6.93. The van der Waals surface area contributed by atoms with Gasteiger partial charge in [0.05, 0.1) is 8.48 Å². The average Bonchev–Trinajstić information content (AvgIpc) is 2.18. The summed E-state index contributed by atoms with van der Waals surface area (Å²) in [7, 11) is 0.902. The van der Waals surface area contributed by atoms with Gasteiger partial charge in [-0.15, -0.1) is 0 Å². The normalized spacial score (nSPS) is 14.6. The Bertz CT molecular complexity index is 162. The van der Waals surface area contributed by atoms with E-state index in [1.807, 2.05) is 0 Å². The van der Waals surface area contributed by atoms with Crippen LogP contribution in [-0.2, 0) is 0 Å². The van der Waals surface area contributed by atoms with Crippen LogP contribution in [0.25, 0.3) is 0 Å². The van der Waals surface area contributed by atoms with Crippen molar-refractivity contribution in [2.45, 2.75) is 59.7 Å². The molecule has 16 heavy (non-hydrogen) atoms. The lowest BCUT2D eigenvalue weighted by Gasteiger charge is -2.33. The third-order valence-electron chi connectivity index (χ3n) is 3.57. The average molecular weight is 261 g/mol. The Balaban J connectivity index is 4.09. The van der Waals surface area contributed by atoms with Crippen molar-refractivity contribution >= 4 is 18.2 Å². The quantitative estimate of drug-likeness (QED) is 0.602. The van der Waals surface area contributed by atoms with Crippen LogP contribution in [0.2, 0.25) is 6.04 Å². The van der Waals surface area contributed by atoms with Crippen LogP contribution in [0.1, 0.15) is 41.5 Å². The molecule has 1 unspecified atom stereocenters. The summed E-state index contributed by atoms with van der Waals surface area (Å²) in [6.07, 6.45) is 0. The number of nitrogens with zero attached hydrogens (tertiary/aromatic N) is 2. The van der Waals surface area contributed by atoms with E-state index in [-0.39, 0.29) is 0 Å². The van der Waals surface area contributed by atoms with E-state index in [2.05, 4.69) is 51.0 Å². The Morgan fingerprint density at radius 2 is 1.44 bits per heavy atom. The summed E-state index contributed by atoms with van der Waals surface area (Å²) in [5, 5.41) is 0. The van der Waals surface area contributed by atoms with Crippen molar-refractivity contribution < 1.29 is 0 Å². The van der Waals surface area contributed by atoms with E-state index in [1.165, 1.54) is 35.4 Å². The summed E-state index contributed by atoms with van der Waals surface area (Å²) in [5.74, 6) is 0. The fourth-order valence-electron chi connectivity index (χ4n) is 2.48. The van der Waals surface area contributed by atoms with Crippen molar-refractivity contribution in [2.75, 3.05) is 19.6 Å². The summed E-state index contributed by atoms with van der Waals surface area (Å²) in [6, 6.07) is 2.86. The van der Waals surface area contributed by atoms with Gasteiger partial charge in [0.2, 0.25) is 0 Å². The van der Waals surface area contributed by atoms with Gasteiger partial charge in [0.15, 0.2) is 0 Å². The highest BCUT2D eigenvalue weighted by Crippen LogP contribution is 2.08. The smallest absolute Gasteiger partial charge is 0.0925 e. The largest absolute Gasteiger partial charge is 0.330 e. The molecule has 98 valence electrons. The molecule has 4 heteroatoms. The van der Waals surface area contributed by atoms with Crippen molar-refractivity contribution in [3.05, 3.63) is 0 Å². The van der Waals surface area contributed by atoms with E-state index in [0.29, 0.717) is 12.1 Å². The molecule has 0 N–H and O–H groups in total. The number of hydrogen-bond donors (Lipinski definition) is 0. The molecule has 0 aliphatic heterocycles. The molecule has 2 nitrogen and oxygen atoms in total. The van der Waals surface area contributed by atoms with Gasteiger partial charge in [-0.3, -0.25) is 4.90 Å². The standard InChI is InChI=1S/C12H32N2Si2/c1-7-13(8-2)16(15)10-9-14(11(3)4)12(5)6/h11-12,16H,7-10H2,1-6,15H3. The Morgan fingerprint density at radius 3 is 1.75 bits per heavy atom. The first-order valence-corrected chi connectivity index (χ1v) is 12.9. The van der Waals surface area contributed by atoms with E-state index < -0.39 is 8.48 Å². The highest BCUT2D eigenvalue weighted by Gasteiger charge is 2.17. The second-order valence-corrected chi connectivity index (χ2v) is 12.3. The van der Waals surface area contributed by atoms with Gasteiger partial charge in [-0.05, 0) is 53.4 Å². The van der Waals surface area contributed by atoms with Crippen LogP contribution in [-0.4, -0.2) is 59.4 Å². The summed E-state index contributed by atoms with van der Waals surface area (Å²) in [5.41, 5.74) is 0. The topological polar surface area (TPSA) is 6.48 Å². The Hall–Kier alpha value is 0.354. The molecule has 0 aromatic rings. The van der Waals surface area contributed by atoms with Gasteiger partial charge in [-0.25, -0.2) is 0 Å². The minimum Gasteiger partial charge on any atom is -0.330 e. The maximum Gasteiger partial charge on any atom is 0.0925 e. The molecule has 0 aliphatic carbocycles. The summed E-state index contributed by atoms with van der Waals surface area (Å²) in [6.45, 7) is 17.7. The molecule has 0 saturated heterocycles. The highest BCUT2D eigenvalue weighted by molar-refractivity contribution is 7.01. The molecule has 0 aromatic carbocycles. The summed E-state index contributed by atoms with van der Waals surface area (Å²) in [4.78, 5) is 2.64. The zero-order valence-corrected chi connectivity index (χ0v) is 15.6. The van der Waals surface area contributed by atoms with Crippen LogP contribution in [0.15, 0.2) is 0 Å². The van der Waals surface area contributed by atoms with E-state index in [0.717, 1.165) is 0 Å². The first kappa shape index (κ1) is 16.4. The SMILES string of the molecule is CCN(CC)[SiH]([SiH3])CCN(C(C)C)C(C)C. The molecule has 0 saturated carbocycles.